The highest BCUT2D eigenvalue weighted by Crippen LogP contribution is 2.34. The minimum absolute atomic E-state index is 0.0939. The summed E-state index contributed by atoms with van der Waals surface area (Å²) in [6.45, 7) is 1.86. The first-order valence-corrected chi connectivity index (χ1v) is 8.42. The Hall–Kier alpha value is -1.51. The second-order valence-corrected chi connectivity index (χ2v) is 7.33. The Labute approximate surface area is 123 Å². The molecule has 2 atom stereocenters. The molecular weight excluding hydrogens is 294 g/mol. The molecule has 7 nitrogen and oxygen atoms in total. The van der Waals surface area contributed by atoms with E-state index < -0.39 is 14.9 Å². The molecule has 0 spiro atoms. The van der Waals surface area contributed by atoms with Crippen LogP contribution >= 0.6 is 0 Å². The van der Waals surface area contributed by atoms with E-state index in [4.69, 9.17) is 0 Å². The molecule has 1 aromatic carbocycles. The molecule has 0 radical (unpaired) electrons. The third kappa shape index (κ3) is 2.43. The molecule has 2 heterocycles. The molecule has 2 aliphatic heterocycles. The molecule has 114 valence electrons. The zero-order valence-corrected chi connectivity index (χ0v) is 12.3. The van der Waals surface area contributed by atoms with Crippen LogP contribution in [-0.2, 0) is 10.0 Å². The normalized spacial score (nSPS) is 26.5. The summed E-state index contributed by atoms with van der Waals surface area (Å²) in [5.41, 5.74) is -0.356. The summed E-state index contributed by atoms with van der Waals surface area (Å²) >= 11 is 0. The van der Waals surface area contributed by atoms with E-state index in [2.05, 4.69) is 5.32 Å². The molecule has 1 N–H and O–H groups in total. The largest absolute Gasteiger partial charge is 0.315 e. The van der Waals surface area contributed by atoms with Gasteiger partial charge in [-0.15, -0.1) is 0 Å². The third-order valence-electron chi connectivity index (χ3n) is 4.28. The van der Waals surface area contributed by atoms with Crippen molar-refractivity contribution >= 4 is 15.7 Å². The van der Waals surface area contributed by atoms with Crippen LogP contribution in [0.15, 0.2) is 29.2 Å². The molecule has 2 saturated heterocycles. The first kappa shape index (κ1) is 14.4. The van der Waals surface area contributed by atoms with Crippen molar-refractivity contribution in [3.63, 3.8) is 0 Å². The number of nitrogens with zero attached hydrogens (tertiary/aromatic N) is 2. The Bertz CT molecular complexity index is 661. The van der Waals surface area contributed by atoms with Crippen molar-refractivity contribution in [1.29, 1.82) is 0 Å². The average molecular weight is 311 g/mol. The quantitative estimate of drug-likeness (QED) is 0.663. The van der Waals surface area contributed by atoms with Gasteiger partial charge in [0, 0.05) is 25.2 Å². The molecule has 0 aliphatic carbocycles. The molecule has 0 saturated carbocycles. The zero-order chi connectivity index (χ0) is 15.0. The summed E-state index contributed by atoms with van der Waals surface area (Å²) < 4.78 is 27.1. The third-order valence-corrected chi connectivity index (χ3v) is 6.25. The van der Waals surface area contributed by atoms with E-state index in [1.54, 1.807) is 0 Å². The van der Waals surface area contributed by atoms with E-state index >= 15 is 0 Å². The van der Waals surface area contributed by atoms with Crippen LogP contribution in [0.4, 0.5) is 5.69 Å². The monoisotopic (exact) mass is 311 g/mol. The number of nitro benzene ring substituents is 1. The molecule has 0 bridgehead atoms. The average Bonchev–Trinajstić information content (AvgIpc) is 2.95. The van der Waals surface area contributed by atoms with Gasteiger partial charge in [-0.25, -0.2) is 8.42 Å². The lowest BCUT2D eigenvalue weighted by atomic mass is 9.94. The summed E-state index contributed by atoms with van der Waals surface area (Å²) in [6.07, 6.45) is 1.79. The first-order chi connectivity index (χ1) is 10.0. The van der Waals surface area contributed by atoms with Crippen molar-refractivity contribution < 1.29 is 13.3 Å². The van der Waals surface area contributed by atoms with Gasteiger partial charge in [-0.1, -0.05) is 12.1 Å². The van der Waals surface area contributed by atoms with Crippen LogP contribution in [0, 0.1) is 16.0 Å². The van der Waals surface area contributed by atoms with E-state index in [0.29, 0.717) is 19.0 Å². The first-order valence-electron chi connectivity index (χ1n) is 6.98. The summed E-state index contributed by atoms with van der Waals surface area (Å²) in [4.78, 5) is 10.2. The van der Waals surface area contributed by atoms with Crippen molar-refractivity contribution in [2.45, 2.75) is 23.8 Å². The number of piperidine rings is 1. The van der Waals surface area contributed by atoms with Gasteiger partial charge in [0.25, 0.3) is 5.69 Å². The Morgan fingerprint density at radius 2 is 2.05 bits per heavy atom. The number of hydrogen-bond donors (Lipinski definition) is 1. The number of para-hydroxylation sites is 1. The van der Waals surface area contributed by atoms with Gasteiger partial charge >= 0.3 is 0 Å². The van der Waals surface area contributed by atoms with Gasteiger partial charge in [-0.05, 0) is 31.4 Å². The van der Waals surface area contributed by atoms with E-state index in [1.165, 1.54) is 28.6 Å². The topological polar surface area (TPSA) is 92.5 Å². The lowest BCUT2D eigenvalue weighted by molar-refractivity contribution is -0.387. The predicted octanol–water partition coefficient (Wildman–Crippen LogP) is 0.967. The zero-order valence-electron chi connectivity index (χ0n) is 11.4. The summed E-state index contributed by atoms with van der Waals surface area (Å²) in [6, 6.07) is 5.46. The van der Waals surface area contributed by atoms with Crippen molar-refractivity contribution in [1.82, 2.24) is 9.62 Å². The second-order valence-electron chi connectivity index (χ2n) is 5.47. The molecule has 0 amide bonds. The molecule has 2 unspecified atom stereocenters. The van der Waals surface area contributed by atoms with Crippen LogP contribution in [0.5, 0.6) is 0 Å². The van der Waals surface area contributed by atoms with Gasteiger partial charge in [0.2, 0.25) is 10.0 Å². The van der Waals surface area contributed by atoms with E-state index in [1.807, 2.05) is 0 Å². The molecule has 21 heavy (non-hydrogen) atoms. The summed E-state index contributed by atoms with van der Waals surface area (Å²) in [5.74, 6) is 0.302. The van der Waals surface area contributed by atoms with Crippen molar-refractivity contribution in [2.75, 3.05) is 19.6 Å². The lowest BCUT2D eigenvalue weighted by Gasteiger charge is -2.35. The number of rotatable bonds is 3. The van der Waals surface area contributed by atoms with Gasteiger partial charge < -0.3 is 5.32 Å². The molecule has 8 heteroatoms. The maximum atomic E-state index is 12.8. The predicted molar refractivity (Wildman–Crippen MR) is 76.4 cm³/mol. The van der Waals surface area contributed by atoms with E-state index in [9.17, 15) is 18.5 Å². The van der Waals surface area contributed by atoms with Crippen LogP contribution in [0.25, 0.3) is 0 Å². The van der Waals surface area contributed by atoms with Crippen LogP contribution in [0.3, 0.4) is 0 Å². The highest BCUT2D eigenvalue weighted by molar-refractivity contribution is 7.89. The van der Waals surface area contributed by atoms with Gasteiger partial charge in [0.05, 0.1) is 4.92 Å². The van der Waals surface area contributed by atoms with Crippen LogP contribution < -0.4 is 5.32 Å². The van der Waals surface area contributed by atoms with Gasteiger partial charge in [0.15, 0.2) is 4.90 Å². The highest BCUT2D eigenvalue weighted by atomic mass is 32.2. The minimum atomic E-state index is -3.84. The fourth-order valence-corrected chi connectivity index (χ4v) is 5.16. The number of nitrogens with one attached hydrogen (secondary N) is 1. The number of fused-ring (bicyclic) bond motifs is 1. The lowest BCUT2D eigenvalue weighted by Crippen LogP contribution is -2.48. The smallest absolute Gasteiger partial charge is 0.289 e. The number of hydrogen-bond acceptors (Lipinski definition) is 5. The Kier molecular flexibility index (Phi) is 3.68. The Morgan fingerprint density at radius 3 is 2.81 bits per heavy atom. The van der Waals surface area contributed by atoms with Crippen molar-refractivity contribution in [2.24, 2.45) is 5.92 Å². The molecule has 1 aromatic rings. The molecule has 0 aromatic heterocycles. The van der Waals surface area contributed by atoms with Crippen LogP contribution in [0.2, 0.25) is 0 Å². The number of benzene rings is 1. The Balaban J connectivity index is 2.02. The molecule has 3 rings (SSSR count). The minimum Gasteiger partial charge on any atom is -0.315 e. The summed E-state index contributed by atoms with van der Waals surface area (Å²) in [5, 5.41) is 14.3. The highest BCUT2D eigenvalue weighted by Gasteiger charge is 2.43. The van der Waals surface area contributed by atoms with Crippen LogP contribution in [-0.4, -0.2) is 43.3 Å². The van der Waals surface area contributed by atoms with Gasteiger partial charge in [0.1, 0.15) is 0 Å². The van der Waals surface area contributed by atoms with Gasteiger partial charge in [-0.3, -0.25) is 10.1 Å². The van der Waals surface area contributed by atoms with Crippen LogP contribution in [0.1, 0.15) is 12.8 Å². The van der Waals surface area contributed by atoms with E-state index in [0.717, 1.165) is 19.4 Å². The number of nitro groups is 1. The second kappa shape index (κ2) is 5.36. The Morgan fingerprint density at radius 1 is 1.29 bits per heavy atom. The maximum Gasteiger partial charge on any atom is 0.289 e. The fraction of sp³-hybridized carbons (Fsp3) is 0.538. The van der Waals surface area contributed by atoms with Gasteiger partial charge in [-0.2, -0.15) is 4.31 Å². The number of sulfonamides is 1. The van der Waals surface area contributed by atoms with E-state index in [-0.39, 0.29) is 16.6 Å². The SMILES string of the molecule is O=[N+]([O-])c1ccccc1S(=O)(=O)N1CCCC2CNCC21. The molecule has 2 aliphatic rings. The molecular formula is C13H17N3O4S. The fourth-order valence-electron chi connectivity index (χ4n) is 3.28. The standard InChI is InChI=1S/C13H17N3O4S/c17-16(18)11-5-1-2-6-13(11)21(19,20)15-7-3-4-10-8-14-9-12(10)15/h1-2,5-6,10,12,14H,3-4,7-9H2. The molecule has 2 fully saturated rings. The summed E-state index contributed by atoms with van der Waals surface area (Å²) in [7, 11) is -3.84. The van der Waals surface area contributed by atoms with Crippen molar-refractivity contribution in [3.8, 4) is 0 Å². The van der Waals surface area contributed by atoms with Crippen molar-refractivity contribution in [3.05, 3.63) is 34.4 Å². The maximum absolute atomic E-state index is 12.8.